The highest BCUT2D eigenvalue weighted by Gasteiger charge is 2.20. The molecule has 90 valence electrons. The van der Waals surface area contributed by atoms with Crippen LogP contribution in [0, 0.1) is 5.92 Å². The summed E-state index contributed by atoms with van der Waals surface area (Å²) < 4.78 is 0. The molecule has 0 spiro atoms. The highest BCUT2D eigenvalue weighted by atomic mass is 16.3. The van der Waals surface area contributed by atoms with Crippen LogP contribution in [0.5, 0.6) is 0 Å². The van der Waals surface area contributed by atoms with Gasteiger partial charge in [0.15, 0.2) is 0 Å². The molecular formula is C12H26N2O. The summed E-state index contributed by atoms with van der Waals surface area (Å²) >= 11 is 0. The van der Waals surface area contributed by atoms with Crippen molar-refractivity contribution in [3.8, 4) is 0 Å². The fraction of sp³-hybridized carbons (Fsp3) is 1.00. The smallest absolute Gasteiger partial charge is 0.0434 e. The van der Waals surface area contributed by atoms with Crippen molar-refractivity contribution < 1.29 is 5.11 Å². The van der Waals surface area contributed by atoms with Crippen molar-refractivity contribution in [2.75, 3.05) is 39.3 Å². The van der Waals surface area contributed by atoms with Gasteiger partial charge >= 0.3 is 0 Å². The Morgan fingerprint density at radius 2 is 2.27 bits per heavy atom. The summed E-state index contributed by atoms with van der Waals surface area (Å²) in [6, 6.07) is 0. The van der Waals surface area contributed by atoms with Gasteiger partial charge in [0.1, 0.15) is 0 Å². The van der Waals surface area contributed by atoms with E-state index < -0.39 is 0 Å². The second-order valence-corrected chi connectivity index (χ2v) is 4.57. The lowest BCUT2D eigenvalue weighted by molar-refractivity contribution is 0.250. The predicted octanol–water partition coefficient (Wildman–Crippen LogP) is 1.08. The van der Waals surface area contributed by atoms with Gasteiger partial charge in [0.05, 0.1) is 0 Å². The van der Waals surface area contributed by atoms with Crippen LogP contribution < -0.4 is 5.32 Å². The van der Waals surface area contributed by atoms with Crippen LogP contribution in [-0.2, 0) is 0 Å². The van der Waals surface area contributed by atoms with Gasteiger partial charge < -0.3 is 15.3 Å². The molecule has 15 heavy (non-hydrogen) atoms. The van der Waals surface area contributed by atoms with Crippen LogP contribution in [0.1, 0.15) is 32.6 Å². The summed E-state index contributed by atoms with van der Waals surface area (Å²) in [6.45, 7) is 8.51. The molecule has 1 unspecified atom stereocenters. The van der Waals surface area contributed by atoms with Gasteiger partial charge in [0, 0.05) is 13.2 Å². The molecular weight excluding hydrogens is 188 g/mol. The zero-order chi connectivity index (χ0) is 10.9. The summed E-state index contributed by atoms with van der Waals surface area (Å²) in [5.41, 5.74) is 0. The minimum absolute atomic E-state index is 0.358. The number of hydrogen-bond acceptors (Lipinski definition) is 3. The molecule has 2 N–H and O–H groups in total. The van der Waals surface area contributed by atoms with E-state index in [2.05, 4.69) is 17.1 Å². The highest BCUT2D eigenvalue weighted by molar-refractivity contribution is 4.75. The van der Waals surface area contributed by atoms with Gasteiger partial charge in [-0.15, -0.1) is 0 Å². The Morgan fingerprint density at radius 3 is 3.00 bits per heavy atom. The molecule has 0 saturated carbocycles. The molecule has 0 bridgehead atoms. The van der Waals surface area contributed by atoms with E-state index in [9.17, 15) is 0 Å². The Bertz CT molecular complexity index is 153. The molecule has 0 aromatic heterocycles. The Labute approximate surface area is 93.9 Å². The topological polar surface area (TPSA) is 35.5 Å². The first-order chi connectivity index (χ1) is 7.36. The second-order valence-electron chi connectivity index (χ2n) is 4.57. The third kappa shape index (κ3) is 5.50. The second kappa shape index (κ2) is 8.08. The van der Waals surface area contributed by atoms with Crippen LogP contribution in [0.3, 0.4) is 0 Å². The van der Waals surface area contributed by atoms with E-state index in [-0.39, 0.29) is 0 Å². The zero-order valence-corrected chi connectivity index (χ0v) is 10.0. The molecule has 1 fully saturated rings. The maximum Gasteiger partial charge on any atom is 0.0434 e. The first kappa shape index (κ1) is 12.9. The number of rotatable bonds is 8. The maximum atomic E-state index is 8.86. The molecule has 0 aromatic rings. The molecule has 0 aliphatic carbocycles. The van der Waals surface area contributed by atoms with Crippen molar-refractivity contribution in [1.82, 2.24) is 10.2 Å². The predicted molar refractivity (Wildman–Crippen MR) is 64.0 cm³/mol. The van der Waals surface area contributed by atoms with Crippen LogP contribution in [-0.4, -0.2) is 49.3 Å². The summed E-state index contributed by atoms with van der Waals surface area (Å²) in [5.74, 6) is 0.749. The zero-order valence-electron chi connectivity index (χ0n) is 10.0. The summed E-state index contributed by atoms with van der Waals surface area (Å²) in [5, 5.41) is 12.3. The lowest BCUT2D eigenvalue weighted by atomic mass is 10.1. The SMILES string of the molecule is CCCNCCCN1CCC(CCO)C1. The van der Waals surface area contributed by atoms with E-state index in [1.54, 1.807) is 0 Å². The molecule has 1 atom stereocenters. The molecule has 1 rings (SSSR count). The van der Waals surface area contributed by atoms with Crippen molar-refractivity contribution in [3.05, 3.63) is 0 Å². The number of aliphatic hydroxyl groups is 1. The van der Waals surface area contributed by atoms with Gasteiger partial charge in [-0.3, -0.25) is 0 Å². The Kier molecular flexibility index (Phi) is 6.98. The third-order valence-electron chi connectivity index (χ3n) is 3.16. The molecule has 0 aromatic carbocycles. The number of hydrogen-bond donors (Lipinski definition) is 2. The van der Waals surface area contributed by atoms with E-state index in [0.717, 1.165) is 25.4 Å². The van der Waals surface area contributed by atoms with Gasteiger partial charge in [-0.05, 0) is 57.8 Å². The molecule has 0 amide bonds. The van der Waals surface area contributed by atoms with Gasteiger partial charge in [-0.25, -0.2) is 0 Å². The van der Waals surface area contributed by atoms with E-state index in [4.69, 9.17) is 5.11 Å². The summed E-state index contributed by atoms with van der Waals surface area (Å²) in [4.78, 5) is 2.54. The summed E-state index contributed by atoms with van der Waals surface area (Å²) in [7, 11) is 0. The number of aliphatic hydroxyl groups excluding tert-OH is 1. The highest BCUT2D eigenvalue weighted by Crippen LogP contribution is 2.18. The third-order valence-corrected chi connectivity index (χ3v) is 3.16. The van der Waals surface area contributed by atoms with Gasteiger partial charge in [0.25, 0.3) is 0 Å². The van der Waals surface area contributed by atoms with Crippen molar-refractivity contribution in [1.29, 1.82) is 0 Å². The first-order valence-electron chi connectivity index (χ1n) is 6.40. The lowest BCUT2D eigenvalue weighted by Crippen LogP contribution is -2.26. The van der Waals surface area contributed by atoms with E-state index in [1.807, 2.05) is 0 Å². The maximum absolute atomic E-state index is 8.86. The van der Waals surface area contributed by atoms with Gasteiger partial charge in [0.2, 0.25) is 0 Å². The Hall–Kier alpha value is -0.120. The average molecular weight is 214 g/mol. The van der Waals surface area contributed by atoms with E-state index in [1.165, 1.54) is 38.9 Å². The molecule has 1 aliphatic heterocycles. The molecule has 3 heteroatoms. The van der Waals surface area contributed by atoms with Gasteiger partial charge in [-0.1, -0.05) is 6.92 Å². The molecule has 0 radical (unpaired) electrons. The summed E-state index contributed by atoms with van der Waals surface area (Å²) in [6.07, 6.45) is 4.75. The quantitative estimate of drug-likeness (QED) is 0.594. The molecule has 1 saturated heterocycles. The van der Waals surface area contributed by atoms with Crippen molar-refractivity contribution in [2.45, 2.75) is 32.6 Å². The largest absolute Gasteiger partial charge is 0.396 e. The fourth-order valence-corrected chi connectivity index (χ4v) is 2.26. The fourth-order valence-electron chi connectivity index (χ4n) is 2.26. The minimum Gasteiger partial charge on any atom is -0.396 e. The van der Waals surface area contributed by atoms with Crippen molar-refractivity contribution in [3.63, 3.8) is 0 Å². The monoisotopic (exact) mass is 214 g/mol. The normalized spacial score (nSPS) is 22.4. The average Bonchev–Trinajstić information content (AvgIpc) is 2.66. The number of nitrogens with one attached hydrogen (secondary N) is 1. The Balaban J connectivity index is 1.94. The number of likely N-dealkylation sites (tertiary alicyclic amines) is 1. The van der Waals surface area contributed by atoms with Crippen molar-refractivity contribution >= 4 is 0 Å². The van der Waals surface area contributed by atoms with E-state index >= 15 is 0 Å². The van der Waals surface area contributed by atoms with Crippen LogP contribution in [0.25, 0.3) is 0 Å². The minimum atomic E-state index is 0.358. The Morgan fingerprint density at radius 1 is 1.40 bits per heavy atom. The van der Waals surface area contributed by atoms with Crippen molar-refractivity contribution in [2.24, 2.45) is 5.92 Å². The first-order valence-corrected chi connectivity index (χ1v) is 6.40. The molecule has 1 heterocycles. The van der Waals surface area contributed by atoms with Gasteiger partial charge in [-0.2, -0.15) is 0 Å². The molecule has 3 nitrogen and oxygen atoms in total. The van der Waals surface area contributed by atoms with Crippen LogP contribution in [0.15, 0.2) is 0 Å². The van der Waals surface area contributed by atoms with Crippen LogP contribution >= 0.6 is 0 Å². The molecule has 1 aliphatic rings. The number of nitrogens with zero attached hydrogens (tertiary/aromatic N) is 1. The van der Waals surface area contributed by atoms with E-state index in [0.29, 0.717) is 6.61 Å². The van der Waals surface area contributed by atoms with Crippen LogP contribution in [0.4, 0.5) is 0 Å². The lowest BCUT2D eigenvalue weighted by Gasteiger charge is -2.15. The standard InChI is InChI=1S/C12H26N2O/c1-2-6-13-7-3-8-14-9-4-12(11-14)5-10-15/h12-13,15H,2-11H2,1H3. The van der Waals surface area contributed by atoms with Crippen LogP contribution in [0.2, 0.25) is 0 Å².